The number of amides is 1. The van der Waals surface area contributed by atoms with E-state index >= 15 is 0 Å². The largest absolute Gasteiger partial charge is 0.348 e. The Morgan fingerprint density at radius 2 is 2.11 bits per heavy atom. The summed E-state index contributed by atoms with van der Waals surface area (Å²) in [5.74, 6) is -0.803. The van der Waals surface area contributed by atoms with Crippen molar-refractivity contribution in [3.8, 4) is 0 Å². The van der Waals surface area contributed by atoms with E-state index in [1.54, 1.807) is 25.4 Å². The molecule has 0 aliphatic rings. The number of nitrogens with zero attached hydrogens (tertiary/aromatic N) is 1. The van der Waals surface area contributed by atoms with Gasteiger partial charge in [-0.1, -0.05) is 12.1 Å². The van der Waals surface area contributed by atoms with Gasteiger partial charge in [0.25, 0.3) is 5.91 Å². The number of halogens is 1. The lowest BCUT2D eigenvalue weighted by Gasteiger charge is -2.06. The Hall–Kier alpha value is -2.43. The van der Waals surface area contributed by atoms with Gasteiger partial charge >= 0.3 is 0 Å². The highest BCUT2D eigenvalue weighted by atomic mass is 19.1. The average molecular weight is 260 g/mol. The second kappa shape index (κ2) is 5.48. The quantitative estimate of drug-likeness (QED) is 0.908. The van der Waals surface area contributed by atoms with Crippen molar-refractivity contribution in [1.82, 2.24) is 9.88 Å². The van der Waals surface area contributed by atoms with Crippen LogP contribution in [0.2, 0.25) is 0 Å². The van der Waals surface area contributed by atoms with Crippen LogP contribution in [-0.4, -0.2) is 10.5 Å². The monoisotopic (exact) mass is 260 g/mol. The number of carbonyl (C=O) groups is 1. The van der Waals surface area contributed by atoms with Gasteiger partial charge in [0, 0.05) is 31.4 Å². The molecule has 2 aromatic rings. The number of hydrogen-bond acceptors (Lipinski definition) is 2. The third-order valence-electron chi connectivity index (χ3n) is 2.69. The Morgan fingerprint density at radius 1 is 1.32 bits per heavy atom. The zero-order valence-corrected chi connectivity index (χ0v) is 10.4. The van der Waals surface area contributed by atoms with Crippen LogP contribution in [0.4, 0.5) is 4.39 Å². The van der Waals surface area contributed by atoms with Crippen molar-refractivity contribution in [3.05, 3.63) is 69.9 Å². The van der Waals surface area contributed by atoms with Gasteiger partial charge in [0.1, 0.15) is 5.82 Å². The van der Waals surface area contributed by atoms with Gasteiger partial charge < -0.3 is 9.88 Å². The number of rotatable bonds is 3. The molecule has 0 saturated carbocycles. The van der Waals surface area contributed by atoms with E-state index < -0.39 is 5.82 Å². The summed E-state index contributed by atoms with van der Waals surface area (Å²) in [6.07, 6.45) is 1.65. The number of aryl methyl sites for hydroxylation is 1. The SMILES string of the molecule is Cn1cc(CNC(=O)c2cccc(F)c2)ccc1=O. The summed E-state index contributed by atoms with van der Waals surface area (Å²) >= 11 is 0. The van der Waals surface area contributed by atoms with E-state index in [-0.39, 0.29) is 23.6 Å². The molecular formula is C14H13FN2O2. The lowest BCUT2D eigenvalue weighted by atomic mass is 10.2. The number of pyridine rings is 1. The number of carbonyl (C=O) groups excluding carboxylic acids is 1. The predicted molar refractivity (Wildman–Crippen MR) is 69.3 cm³/mol. The molecule has 1 N–H and O–H groups in total. The molecule has 19 heavy (non-hydrogen) atoms. The number of aromatic nitrogens is 1. The van der Waals surface area contributed by atoms with Crippen LogP contribution in [0.5, 0.6) is 0 Å². The van der Waals surface area contributed by atoms with Crippen molar-refractivity contribution in [1.29, 1.82) is 0 Å². The zero-order chi connectivity index (χ0) is 13.8. The third-order valence-corrected chi connectivity index (χ3v) is 2.69. The van der Waals surface area contributed by atoms with Crippen LogP contribution in [0.3, 0.4) is 0 Å². The molecule has 0 aliphatic carbocycles. The van der Waals surface area contributed by atoms with Gasteiger partial charge in [-0.15, -0.1) is 0 Å². The molecule has 0 aliphatic heterocycles. The lowest BCUT2D eigenvalue weighted by molar-refractivity contribution is 0.0950. The summed E-state index contributed by atoms with van der Waals surface area (Å²) in [5, 5.41) is 2.67. The van der Waals surface area contributed by atoms with Gasteiger partial charge in [0.15, 0.2) is 0 Å². The van der Waals surface area contributed by atoms with Gasteiger partial charge in [-0.05, 0) is 23.8 Å². The van der Waals surface area contributed by atoms with Crippen LogP contribution in [0.1, 0.15) is 15.9 Å². The van der Waals surface area contributed by atoms with Crippen LogP contribution >= 0.6 is 0 Å². The van der Waals surface area contributed by atoms with Crippen LogP contribution in [0.25, 0.3) is 0 Å². The Morgan fingerprint density at radius 3 is 2.79 bits per heavy atom. The number of hydrogen-bond donors (Lipinski definition) is 1. The van der Waals surface area contributed by atoms with E-state index in [9.17, 15) is 14.0 Å². The smallest absolute Gasteiger partial charge is 0.251 e. The van der Waals surface area contributed by atoms with E-state index in [0.717, 1.165) is 5.56 Å². The first-order valence-electron chi connectivity index (χ1n) is 5.75. The van der Waals surface area contributed by atoms with Crippen LogP contribution < -0.4 is 10.9 Å². The Balaban J connectivity index is 2.04. The minimum absolute atomic E-state index is 0.111. The van der Waals surface area contributed by atoms with E-state index in [0.29, 0.717) is 0 Å². The molecule has 0 spiro atoms. The fourth-order valence-corrected chi connectivity index (χ4v) is 1.67. The molecule has 0 radical (unpaired) electrons. The summed E-state index contributed by atoms with van der Waals surface area (Å²) in [5.41, 5.74) is 0.955. The van der Waals surface area contributed by atoms with Crippen molar-refractivity contribution in [2.24, 2.45) is 7.05 Å². The Bertz CT molecular complexity index is 664. The fourth-order valence-electron chi connectivity index (χ4n) is 1.67. The van der Waals surface area contributed by atoms with Gasteiger partial charge in [-0.2, -0.15) is 0 Å². The topological polar surface area (TPSA) is 51.1 Å². The molecule has 4 nitrogen and oxygen atoms in total. The molecule has 1 amide bonds. The molecule has 0 fully saturated rings. The summed E-state index contributed by atoms with van der Waals surface area (Å²) in [6.45, 7) is 0.281. The molecule has 0 saturated heterocycles. The molecule has 1 heterocycles. The van der Waals surface area contributed by atoms with Crippen molar-refractivity contribution in [2.45, 2.75) is 6.54 Å². The standard InChI is InChI=1S/C14H13FN2O2/c1-17-9-10(5-6-13(17)18)8-16-14(19)11-3-2-4-12(15)7-11/h2-7,9H,8H2,1H3,(H,16,19). The Kier molecular flexibility index (Phi) is 3.75. The average Bonchev–Trinajstić information content (AvgIpc) is 2.40. The molecule has 1 aromatic heterocycles. The predicted octanol–water partition coefficient (Wildman–Crippen LogP) is 1.45. The maximum Gasteiger partial charge on any atom is 0.251 e. The fraction of sp³-hybridized carbons (Fsp3) is 0.143. The van der Waals surface area contributed by atoms with Crippen LogP contribution in [-0.2, 0) is 13.6 Å². The van der Waals surface area contributed by atoms with Gasteiger partial charge in [-0.25, -0.2) is 4.39 Å². The zero-order valence-electron chi connectivity index (χ0n) is 10.4. The van der Waals surface area contributed by atoms with E-state index in [1.807, 2.05) is 0 Å². The van der Waals surface area contributed by atoms with Gasteiger partial charge in [-0.3, -0.25) is 9.59 Å². The van der Waals surface area contributed by atoms with E-state index in [2.05, 4.69) is 5.32 Å². The Labute approximate surface area is 109 Å². The van der Waals surface area contributed by atoms with Crippen molar-refractivity contribution >= 4 is 5.91 Å². The molecule has 1 aromatic carbocycles. The maximum absolute atomic E-state index is 13.0. The molecular weight excluding hydrogens is 247 g/mol. The third kappa shape index (κ3) is 3.28. The molecule has 2 rings (SSSR count). The van der Waals surface area contributed by atoms with Crippen LogP contribution in [0.15, 0.2) is 47.4 Å². The summed E-state index contributed by atoms with van der Waals surface area (Å²) < 4.78 is 14.4. The highest BCUT2D eigenvalue weighted by Crippen LogP contribution is 2.04. The molecule has 0 atom stereocenters. The molecule has 98 valence electrons. The van der Waals surface area contributed by atoms with E-state index in [1.165, 1.54) is 28.8 Å². The highest BCUT2D eigenvalue weighted by molar-refractivity contribution is 5.94. The normalized spacial score (nSPS) is 10.2. The first kappa shape index (κ1) is 13.0. The van der Waals surface area contributed by atoms with Crippen molar-refractivity contribution in [3.63, 3.8) is 0 Å². The van der Waals surface area contributed by atoms with Crippen LogP contribution in [0, 0.1) is 5.82 Å². The second-order valence-electron chi connectivity index (χ2n) is 4.18. The summed E-state index contributed by atoms with van der Waals surface area (Å²) in [6, 6.07) is 8.56. The minimum atomic E-state index is -0.449. The second-order valence-corrected chi connectivity index (χ2v) is 4.18. The van der Waals surface area contributed by atoms with E-state index in [4.69, 9.17) is 0 Å². The molecule has 5 heteroatoms. The number of nitrogens with one attached hydrogen (secondary N) is 1. The van der Waals surface area contributed by atoms with Gasteiger partial charge in [0.2, 0.25) is 5.56 Å². The first-order chi connectivity index (χ1) is 9.06. The van der Waals surface area contributed by atoms with Gasteiger partial charge in [0.05, 0.1) is 0 Å². The molecule has 0 unspecified atom stereocenters. The van der Waals surface area contributed by atoms with Crippen molar-refractivity contribution < 1.29 is 9.18 Å². The lowest BCUT2D eigenvalue weighted by Crippen LogP contribution is -2.24. The van der Waals surface area contributed by atoms with Crippen molar-refractivity contribution in [2.75, 3.05) is 0 Å². The maximum atomic E-state index is 13.0. The number of benzene rings is 1. The highest BCUT2D eigenvalue weighted by Gasteiger charge is 2.06. The molecule has 0 bridgehead atoms. The first-order valence-corrected chi connectivity index (χ1v) is 5.75. The minimum Gasteiger partial charge on any atom is -0.348 e. The summed E-state index contributed by atoms with van der Waals surface area (Å²) in [4.78, 5) is 23.0. The summed E-state index contributed by atoms with van der Waals surface area (Å²) in [7, 11) is 1.64.